The summed E-state index contributed by atoms with van der Waals surface area (Å²) in [4.78, 5) is 11.4. The van der Waals surface area contributed by atoms with E-state index in [2.05, 4.69) is 10.6 Å². The number of hydrogen-bond donors (Lipinski definition) is 2. The molecule has 0 aromatic heterocycles. The molecule has 0 aliphatic carbocycles. The fourth-order valence-electron chi connectivity index (χ4n) is 1.51. The number of ether oxygens (including phenoxy) is 1. The van der Waals surface area contributed by atoms with Crippen molar-refractivity contribution in [2.24, 2.45) is 0 Å². The highest BCUT2D eigenvalue weighted by atomic mass is 16.5. The van der Waals surface area contributed by atoms with Crippen LogP contribution in [0.1, 0.15) is 26.7 Å². The molecular formula is C14H22N2O2. The predicted molar refractivity (Wildman–Crippen MR) is 74.0 cm³/mol. The lowest BCUT2D eigenvalue weighted by Gasteiger charge is -2.08. The summed E-state index contributed by atoms with van der Waals surface area (Å²) in [6.45, 7) is 6.06. The number of nitrogens with one attached hydrogen (secondary N) is 2. The van der Waals surface area contributed by atoms with Crippen molar-refractivity contribution in [3.63, 3.8) is 0 Å². The molecule has 0 unspecified atom stereocenters. The van der Waals surface area contributed by atoms with Gasteiger partial charge in [-0.05, 0) is 37.6 Å². The van der Waals surface area contributed by atoms with Crippen molar-refractivity contribution >= 4 is 11.6 Å². The second kappa shape index (κ2) is 8.39. The van der Waals surface area contributed by atoms with Gasteiger partial charge in [0.25, 0.3) is 0 Å². The van der Waals surface area contributed by atoms with Crippen LogP contribution in [0.15, 0.2) is 24.3 Å². The molecule has 0 radical (unpaired) electrons. The number of amides is 1. The number of carbonyl (C=O) groups excluding carboxylic acids is 1. The maximum atomic E-state index is 11.4. The summed E-state index contributed by atoms with van der Waals surface area (Å²) in [5.41, 5.74) is 1.00. The predicted octanol–water partition coefficient (Wildman–Crippen LogP) is 2.41. The Morgan fingerprint density at radius 3 is 2.50 bits per heavy atom. The fraction of sp³-hybridized carbons (Fsp3) is 0.500. The van der Waals surface area contributed by atoms with Crippen LogP contribution in [0, 0.1) is 0 Å². The number of anilines is 1. The summed E-state index contributed by atoms with van der Waals surface area (Å²) in [6.07, 6.45) is 1.46. The Kier molecular flexibility index (Phi) is 6.69. The number of carbonyl (C=O) groups is 1. The number of rotatable bonds is 8. The molecule has 18 heavy (non-hydrogen) atoms. The second-order valence-corrected chi connectivity index (χ2v) is 3.98. The molecule has 0 aliphatic heterocycles. The van der Waals surface area contributed by atoms with E-state index >= 15 is 0 Å². The molecule has 1 amide bonds. The van der Waals surface area contributed by atoms with Crippen molar-refractivity contribution in [1.82, 2.24) is 5.32 Å². The number of benzene rings is 1. The molecule has 1 aromatic carbocycles. The number of hydrogen-bond acceptors (Lipinski definition) is 3. The van der Waals surface area contributed by atoms with Crippen LogP contribution in [-0.2, 0) is 4.79 Å². The van der Waals surface area contributed by atoms with Crippen molar-refractivity contribution in [2.45, 2.75) is 26.7 Å². The summed E-state index contributed by atoms with van der Waals surface area (Å²) < 4.78 is 5.36. The van der Waals surface area contributed by atoms with Crippen LogP contribution in [0.4, 0.5) is 5.69 Å². The topological polar surface area (TPSA) is 50.4 Å². The van der Waals surface area contributed by atoms with Crippen LogP contribution >= 0.6 is 0 Å². The van der Waals surface area contributed by atoms with Crippen LogP contribution in [0.5, 0.6) is 5.75 Å². The molecule has 1 aromatic rings. The van der Waals surface area contributed by atoms with E-state index in [1.807, 2.05) is 38.1 Å². The quantitative estimate of drug-likeness (QED) is 0.745. The van der Waals surface area contributed by atoms with Crippen molar-refractivity contribution in [1.29, 1.82) is 0 Å². The average Bonchev–Trinajstić information content (AvgIpc) is 2.39. The highest BCUT2D eigenvalue weighted by Gasteiger charge is 1.99. The maximum Gasteiger partial charge on any atom is 0.221 e. The zero-order chi connectivity index (χ0) is 13.2. The average molecular weight is 250 g/mol. The minimum Gasteiger partial charge on any atom is -0.494 e. The van der Waals surface area contributed by atoms with Gasteiger partial charge >= 0.3 is 0 Å². The van der Waals surface area contributed by atoms with E-state index < -0.39 is 0 Å². The zero-order valence-electron chi connectivity index (χ0n) is 11.2. The lowest BCUT2D eigenvalue weighted by Crippen LogP contribution is -2.25. The fourth-order valence-corrected chi connectivity index (χ4v) is 1.51. The first-order valence-electron chi connectivity index (χ1n) is 6.49. The summed E-state index contributed by atoms with van der Waals surface area (Å²) >= 11 is 0. The third kappa shape index (κ3) is 5.57. The Labute approximate surface area is 109 Å². The molecule has 4 heteroatoms. The molecule has 1 rings (SSSR count). The minimum absolute atomic E-state index is 0.0929. The molecule has 100 valence electrons. The molecule has 4 nitrogen and oxygen atoms in total. The van der Waals surface area contributed by atoms with Crippen LogP contribution in [0.25, 0.3) is 0 Å². The first-order valence-corrected chi connectivity index (χ1v) is 6.49. The normalized spacial score (nSPS) is 9.89. The summed E-state index contributed by atoms with van der Waals surface area (Å²) in [5, 5.41) is 6.05. The van der Waals surface area contributed by atoms with E-state index in [4.69, 9.17) is 4.74 Å². The van der Waals surface area contributed by atoms with Crippen molar-refractivity contribution in [3.05, 3.63) is 24.3 Å². The SMILES string of the molecule is CCCNC(=O)CCNc1ccc(OCC)cc1. The largest absolute Gasteiger partial charge is 0.494 e. The Morgan fingerprint density at radius 1 is 1.17 bits per heavy atom. The van der Waals surface area contributed by atoms with Gasteiger partial charge < -0.3 is 15.4 Å². The summed E-state index contributed by atoms with van der Waals surface area (Å²) in [5.74, 6) is 0.957. The van der Waals surface area contributed by atoms with E-state index in [1.54, 1.807) is 0 Å². The maximum absolute atomic E-state index is 11.4. The minimum atomic E-state index is 0.0929. The standard InChI is InChI=1S/C14H22N2O2/c1-3-10-16-14(17)9-11-15-12-5-7-13(8-6-12)18-4-2/h5-8,15H,3-4,9-11H2,1-2H3,(H,16,17). The molecule has 0 saturated heterocycles. The van der Waals surface area contributed by atoms with Crippen LogP contribution in [0.3, 0.4) is 0 Å². The first kappa shape index (κ1) is 14.4. The molecule has 0 bridgehead atoms. The summed E-state index contributed by atoms with van der Waals surface area (Å²) in [6, 6.07) is 7.75. The molecular weight excluding hydrogens is 228 g/mol. The molecule has 0 aliphatic rings. The second-order valence-electron chi connectivity index (χ2n) is 3.98. The van der Waals surface area contributed by atoms with E-state index in [9.17, 15) is 4.79 Å². The van der Waals surface area contributed by atoms with Crippen LogP contribution in [0.2, 0.25) is 0 Å². The smallest absolute Gasteiger partial charge is 0.221 e. The van der Waals surface area contributed by atoms with Gasteiger partial charge in [0.2, 0.25) is 5.91 Å². The molecule has 0 saturated carbocycles. The molecule has 0 heterocycles. The van der Waals surface area contributed by atoms with Crippen LogP contribution < -0.4 is 15.4 Å². The van der Waals surface area contributed by atoms with Gasteiger partial charge in [-0.1, -0.05) is 6.92 Å². The highest BCUT2D eigenvalue weighted by molar-refractivity contribution is 5.76. The van der Waals surface area contributed by atoms with Gasteiger partial charge in [-0.25, -0.2) is 0 Å². The summed E-state index contributed by atoms with van der Waals surface area (Å²) in [7, 11) is 0. The van der Waals surface area contributed by atoms with Gasteiger partial charge in [0, 0.05) is 25.2 Å². The van der Waals surface area contributed by atoms with E-state index in [1.165, 1.54) is 0 Å². The van der Waals surface area contributed by atoms with Crippen LogP contribution in [-0.4, -0.2) is 25.6 Å². The van der Waals surface area contributed by atoms with Gasteiger partial charge in [0.1, 0.15) is 5.75 Å². The Hall–Kier alpha value is -1.71. The molecule has 0 atom stereocenters. The third-order valence-corrected chi connectivity index (χ3v) is 2.42. The van der Waals surface area contributed by atoms with Gasteiger partial charge in [0.05, 0.1) is 6.61 Å². The Bertz CT molecular complexity index is 349. The zero-order valence-corrected chi connectivity index (χ0v) is 11.2. The van der Waals surface area contributed by atoms with Gasteiger partial charge in [0.15, 0.2) is 0 Å². The monoisotopic (exact) mass is 250 g/mol. The van der Waals surface area contributed by atoms with Crippen molar-refractivity contribution in [3.8, 4) is 5.75 Å². The van der Waals surface area contributed by atoms with Gasteiger partial charge in [-0.15, -0.1) is 0 Å². The third-order valence-electron chi connectivity index (χ3n) is 2.42. The Morgan fingerprint density at radius 2 is 1.89 bits per heavy atom. The van der Waals surface area contributed by atoms with E-state index in [0.717, 1.165) is 24.4 Å². The lowest BCUT2D eigenvalue weighted by atomic mass is 10.3. The highest BCUT2D eigenvalue weighted by Crippen LogP contribution is 2.15. The van der Waals surface area contributed by atoms with E-state index in [0.29, 0.717) is 19.6 Å². The molecule has 0 fully saturated rings. The van der Waals surface area contributed by atoms with Gasteiger partial charge in [-0.2, -0.15) is 0 Å². The van der Waals surface area contributed by atoms with Crippen molar-refractivity contribution in [2.75, 3.05) is 25.0 Å². The molecule has 2 N–H and O–H groups in total. The van der Waals surface area contributed by atoms with Gasteiger partial charge in [-0.3, -0.25) is 4.79 Å². The lowest BCUT2D eigenvalue weighted by molar-refractivity contribution is -0.120. The first-order chi connectivity index (χ1) is 8.76. The van der Waals surface area contributed by atoms with E-state index in [-0.39, 0.29) is 5.91 Å². The molecule has 0 spiro atoms. The van der Waals surface area contributed by atoms with Crippen molar-refractivity contribution < 1.29 is 9.53 Å². The Balaban J connectivity index is 2.24.